The number of aromatic amines is 1. The van der Waals surface area contributed by atoms with E-state index in [0.717, 1.165) is 23.3 Å². The van der Waals surface area contributed by atoms with Gasteiger partial charge >= 0.3 is 6.18 Å². The Kier molecular flexibility index (Phi) is 5.43. The number of halogens is 4. The van der Waals surface area contributed by atoms with Crippen molar-refractivity contribution in [1.29, 1.82) is 0 Å². The normalized spacial score (nSPS) is 14.8. The number of hydrogen-bond acceptors (Lipinski definition) is 3. The molecule has 3 aromatic rings. The first-order chi connectivity index (χ1) is 14.7. The molecule has 2 aromatic carbocycles. The van der Waals surface area contributed by atoms with Crippen LogP contribution in [0.5, 0.6) is 11.5 Å². The van der Waals surface area contributed by atoms with Crippen LogP contribution in [0.25, 0.3) is 0 Å². The average molecular weight is 433 g/mol. The molecule has 31 heavy (non-hydrogen) atoms. The maximum Gasteiger partial charge on any atom is 0.416 e. The lowest BCUT2D eigenvalue weighted by Crippen LogP contribution is -2.36. The van der Waals surface area contributed by atoms with Gasteiger partial charge in [-0.1, -0.05) is 6.07 Å². The second-order valence-electron chi connectivity index (χ2n) is 7.36. The van der Waals surface area contributed by atoms with Gasteiger partial charge in [-0.2, -0.15) is 18.3 Å². The van der Waals surface area contributed by atoms with Gasteiger partial charge in [0.15, 0.2) is 5.69 Å². The molecule has 9 heteroatoms. The second-order valence-corrected chi connectivity index (χ2v) is 7.36. The molecule has 0 saturated carbocycles. The van der Waals surface area contributed by atoms with E-state index in [2.05, 4.69) is 10.2 Å². The van der Waals surface area contributed by atoms with Crippen LogP contribution >= 0.6 is 0 Å². The Morgan fingerprint density at radius 1 is 1.10 bits per heavy atom. The third-order valence-corrected chi connectivity index (χ3v) is 5.14. The molecule has 0 spiro atoms. The molecule has 0 bridgehead atoms. The number of nitrogens with one attached hydrogen (secondary N) is 1. The van der Waals surface area contributed by atoms with E-state index in [0.29, 0.717) is 25.3 Å². The predicted molar refractivity (Wildman–Crippen MR) is 105 cm³/mol. The zero-order chi connectivity index (χ0) is 22.2. The van der Waals surface area contributed by atoms with Crippen molar-refractivity contribution in [1.82, 2.24) is 15.1 Å². The number of hydrogen-bond donors (Lipinski definition) is 1. The topological polar surface area (TPSA) is 58.2 Å². The molecule has 1 aliphatic heterocycles. The third kappa shape index (κ3) is 4.55. The van der Waals surface area contributed by atoms with Crippen molar-refractivity contribution in [2.45, 2.75) is 32.2 Å². The molecule has 5 nitrogen and oxygen atoms in total. The van der Waals surface area contributed by atoms with E-state index >= 15 is 0 Å². The fourth-order valence-electron chi connectivity index (χ4n) is 3.43. The summed E-state index contributed by atoms with van der Waals surface area (Å²) in [5, 5.41) is 6.44. The van der Waals surface area contributed by atoms with Gasteiger partial charge in [0.25, 0.3) is 5.91 Å². The molecule has 1 aliphatic rings. The molecule has 1 amide bonds. The van der Waals surface area contributed by atoms with Crippen LogP contribution in [0.1, 0.15) is 46.0 Å². The molecule has 1 aromatic heterocycles. The highest BCUT2D eigenvalue weighted by molar-refractivity contribution is 5.92. The van der Waals surface area contributed by atoms with Gasteiger partial charge in [-0.15, -0.1) is 0 Å². The lowest BCUT2D eigenvalue weighted by atomic mass is 9.99. The number of rotatable bonds is 4. The standard InChI is InChI=1S/C22H19F4N3O2/c1-13(23)19-11-20(28-27-19)21(30)29-9-8-14-2-5-18(10-15(14)12-29)31-17-6-3-16(4-7-17)22(24,25)26/h2-7,10-11,13H,8-9,12H2,1H3,(H,27,28). The maximum atomic E-state index is 13.4. The predicted octanol–water partition coefficient (Wildman–Crippen LogP) is 5.45. The number of carbonyl (C=O) groups excluding carboxylic acids is 1. The quantitative estimate of drug-likeness (QED) is 0.557. The van der Waals surface area contributed by atoms with Gasteiger partial charge < -0.3 is 9.64 Å². The molecule has 1 atom stereocenters. The Hall–Kier alpha value is -3.36. The highest BCUT2D eigenvalue weighted by atomic mass is 19.4. The van der Waals surface area contributed by atoms with E-state index in [9.17, 15) is 22.4 Å². The van der Waals surface area contributed by atoms with Crippen molar-refractivity contribution in [3.05, 3.63) is 76.6 Å². The van der Waals surface area contributed by atoms with Gasteiger partial charge in [-0.25, -0.2) is 4.39 Å². The first-order valence-electron chi connectivity index (χ1n) is 9.66. The summed E-state index contributed by atoms with van der Waals surface area (Å²) in [5.41, 5.74) is 1.58. The fraction of sp³-hybridized carbons (Fsp3) is 0.273. The minimum Gasteiger partial charge on any atom is -0.457 e. The zero-order valence-corrected chi connectivity index (χ0v) is 16.5. The molecule has 0 saturated heterocycles. The largest absolute Gasteiger partial charge is 0.457 e. The highest BCUT2D eigenvalue weighted by Gasteiger charge is 2.30. The number of benzene rings is 2. The fourth-order valence-corrected chi connectivity index (χ4v) is 3.43. The number of nitrogens with zero attached hydrogens (tertiary/aromatic N) is 2. The van der Waals surface area contributed by atoms with Gasteiger partial charge in [-0.05, 0) is 66.9 Å². The number of fused-ring (bicyclic) bond motifs is 1. The molecule has 0 radical (unpaired) electrons. The third-order valence-electron chi connectivity index (χ3n) is 5.14. The van der Waals surface area contributed by atoms with Gasteiger partial charge in [0.2, 0.25) is 0 Å². The SMILES string of the molecule is CC(F)c1cc(C(=O)N2CCc3ccc(Oc4ccc(C(F)(F)F)cc4)cc3C2)n[nH]1. The Morgan fingerprint density at radius 3 is 2.45 bits per heavy atom. The molecular formula is C22H19F4N3O2. The molecule has 4 rings (SSSR count). The van der Waals surface area contributed by atoms with Gasteiger partial charge in [0.05, 0.1) is 11.3 Å². The van der Waals surface area contributed by atoms with E-state index in [1.807, 2.05) is 6.07 Å². The molecule has 1 N–H and O–H groups in total. The molecule has 0 aliphatic carbocycles. The van der Waals surface area contributed by atoms with Crippen molar-refractivity contribution in [2.75, 3.05) is 6.54 Å². The van der Waals surface area contributed by atoms with Crippen LogP contribution in [-0.4, -0.2) is 27.5 Å². The first-order valence-corrected chi connectivity index (χ1v) is 9.66. The number of carbonyl (C=O) groups is 1. The second kappa shape index (κ2) is 8.05. The summed E-state index contributed by atoms with van der Waals surface area (Å²) in [6, 6.07) is 11.3. The molecule has 2 heterocycles. The number of alkyl halides is 4. The average Bonchev–Trinajstić information content (AvgIpc) is 3.23. The highest BCUT2D eigenvalue weighted by Crippen LogP contribution is 2.32. The molecule has 162 valence electrons. The van der Waals surface area contributed by atoms with E-state index in [1.54, 1.807) is 17.0 Å². The van der Waals surface area contributed by atoms with Gasteiger partial charge in [-0.3, -0.25) is 9.89 Å². The van der Waals surface area contributed by atoms with Crippen LogP contribution in [0, 0.1) is 0 Å². The Balaban J connectivity index is 1.48. The van der Waals surface area contributed by atoms with Gasteiger partial charge in [0.1, 0.15) is 17.7 Å². The lowest BCUT2D eigenvalue weighted by molar-refractivity contribution is -0.137. The van der Waals surface area contributed by atoms with Crippen LogP contribution in [0.4, 0.5) is 17.6 Å². The maximum absolute atomic E-state index is 13.4. The lowest BCUT2D eigenvalue weighted by Gasteiger charge is -2.28. The molecule has 0 fully saturated rings. The minimum absolute atomic E-state index is 0.153. The van der Waals surface area contributed by atoms with Crippen molar-refractivity contribution in [2.24, 2.45) is 0 Å². The summed E-state index contributed by atoms with van der Waals surface area (Å²) >= 11 is 0. The summed E-state index contributed by atoms with van der Waals surface area (Å²) in [6.45, 7) is 2.18. The molecule has 1 unspecified atom stereocenters. The number of aromatic nitrogens is 2. The van der Waals surface area contributed by atoms with Crippen molar-refractivity contribution >= 4 is 5.91 Å². The van der Waals surface area contributed by atoms with E-state index in [4.69, 9.17) is 4.74 Å². The summed E-state index contributed by atoms with van der Waals surface area (Å²) in [4.78, 5) is 14.4. The van der Waals surface area contributed by atoms with Crippen molar-refractivity contribution in [3.8, 4) is 11.5 Å². The molecular weight excluding hydrogens is 414 g/mol. The Bertz CT molecular complexity index is 1090. The number of amides is 1. The van der Waals surface area contributed by atoms with Crippen molar-refractivity contribution in [3.63, 3.8) is 0 Å². The summed E-state index contributed by atoms with van der Waals surface area (Å²) in [6.07, 6.45) is -5.02. The number of H-pyrrole nitrogens is 1. The smallest absolute Gasteiger partial charge is 0.416 e. The number of ether oxygens (including phenoxy) is 1. The summed E-state index contributed by atoms with van der Waals surface area (Å²) in [7, 11) is 0. The Labute approximate surface area is 175 Å². The van der Waals surface area contributed by atoms with Crippen molar-refractivity contribution < 1.29 is 27.1 Å². The van der Waals surface area contributed by atoms with Crippen LogP contribution in [0.3, 0.4) is 0 Å². The zero-order valence-electron chi connectivity index (χ0n) is 16.5. The minimum atomic E-state index is -4.41. The van der Waals surface area contributed by atoms with E-state index in [1.165, 1.54) is 25.1 Å². The van der Waals surface area contributed by atoms with Crippen LogP contribution in [0.2, 0.25) is 0 Å². The first kappa shape index (κ1) is 20.9. The van der Waals surface area contributed by atoms with Crippen LogP contribution < -0.4 is 4.74 Å². The van der Waals surface area contributed by atoms with E-state index < -0.39 is 17.9 Å². The van der Waals surface area contributed by atoms with E-state index in [-0.39, 0.29) is 23.0 Å². The van der Waals surface area contributed by atoms with Crippen LogP contribution in [-0.2, 0) is 19.1 Å². The Morgan fingerprint density at radius 2 is 1.81 bits per heavy atom. The van der Waals surface area contributed by atoms with Crippen LogP contribution in [0.15, 0.2) is 48.5 Å². The summed E-state index contributed by atoms with van der Waals surface area (Å²) < 4.78 is 57.2. The monoisotopic (exact) mass is 433 g/mol. The summed E-state index contributed by atoms with van der Waals surface area (Å²) in [5.74, 6) is 0.435. The van der Waals surface area contributed by atoms with Gasteiger partial charge in [0, 0.05) is 13.1 Å².